The van der Waals surface area contributed by atoms with Crippen molar-refractivity contribution < 1.29 is 58.1 Å². The number of carbonyl (C=O) groups excluding carboxylic acids is 2. The largest absolute Gasteiger partial charge is 0.481 e. The summed E-state index contributed by atoms with van der Waals surface area (Å²) in [6.07, 6.45) is 5.78. The van der Waals surface area contributed by atoms with Gasteiger partial charge in [-0.1, -0.05) is 69.2 Å². The van der Waals surface area contributed by atoms with Gasteiger partial charge in [-0.3, -0.25) is 14.4 Å². The summed E-state index contributed by atoms with van der Waals surface area (Å²) in [5, 5.41) is 32.9. The number of carbonyl (C=O) groups is 3. The van der Waals surface area contributed by atoms with E-state index in [2.05, 4.69) is 20.8 Å². The number of carboxylic acids is 1. The molecule has 4 fully saturated rings. The molecule has 12 heteroatoms. The van der Waals surface area contributed by atoms with Crippen LogP contribution < -0.4 is 0 Å². The van der Waals surface area contributed by atoms with E-state index in [1.165, 1.54) is 0 Å². The van der Waals surface area contributed by atoms with Crippen LogP contribution in [0.15, 0.2) is 12.2 Å². The molecule has 0 aliphatic carbocycles. The third kappa shape index (κ3) is 9.69. The third-order valence-electron chi connectivity index (χ3n) is 15.3. The Hall–Kier alpha value is -1.93. The fourth-order valence-electron chi connectivity index (χ4n) is 11.1. The Morgan fingerprint density at radius 3 is 2.14 bits per heavy atom. The zero-order valence-corrected chi connectivity index (χ0v) is 38.1. The van der Waals surface area contributed by atoms with Gasteiger partial charge in [-0.15, -0.1) is 0 Å². The van der Waals surface area contributed by atoms with E-state index in [1.54, 1.807) is 6.92 Å². The quantitative estimate of drug-likeness (QED) is 0.108. The SMILES string of the molecule is CC[C@@H](C(=O)[C@@H](C)[C@@H](O)[C@H](C)[C@@H]1O[C@@H]([C@@H](CC)C(=O)O)CC[C@@H]1C)[C@H]1O[C@]2(C=C[C@H](OC(=O)CC(C)C)[C@]3(CC[C@@](C)([C@H]4CC[C@](O)(CC)[C@H](C)O4)O3)O2)[C@H](C)C[C@@H]1C. The number of ketones is 1. The van der Waals surface area contributed by atoms with Crippen LogP contribution in [0.2, 0.25) is 0 Å². The first-order valence-electron chi connectivity index (χ1n) is 23.0. The summed E-state index contributed by atoms with van der Waals surface area (Å²) in [6.45, 7) is 23.6. The monoisotopic (exact) mass is 835 g/mol. The molecule has 0 saturated carbocycles. The fourth-order valence-corrected chi connectivity index (χ4v) is 11.1. The van der Waals surface area contributed by atoms with Gasteiger partial charge in [-0.2, -0.15) is 0 Å². The zero-order chi connectivity index (χ0) is 43.8. The number of rotatable bonds is 15. The van der Waals surface area contributed by atoms with E-state index in [0.717, 1.165) is 6.42 Å². The van der Waals surface area contributed by atoms with Crippen LogP contribution in [0, 0.1) is 47.3 Å². The highest BCUT2D eigenvalue weighted by molar-refractivity contribution is 5.84. The number of aliphatic hydroxyl groups is 2. The summed E-state index contributed by atoms with van der Waals surface area (Å²) in [5.74, 6) is -6.31. The number of aliphatic carboxylic acids is 1. The van der Waals surface area contributed by atoms with Gasteiger partial charge in [0, 0.05) is 36.5 Å². The van der Waals surface area contributed by atoms with Crippen LogP contribution in [0.3, 0.4) is 0 Å². The fraction of sp³-hybridized carbons (Fsp3) is 0.894. The van der Waals surface area contributed by atoms with Gasteiger partial charge in [-0.25, -0.2) is 0 Å². The molecular formula is C47H78O12. The van der Waals surface area contributed by atoms with E-state index in [1.807, 2.05) is 67.5 Å². The van der Waals surface area contributed by atoms with Crippen LogP contribution in [-0.4, -0.2) is 98.5 Å². The van der Waals surface area contributed by atoms with E-state index in [9.17, 15) is 29.7 Å². The maximum atomic E-state index is 14.6. The van der Waals surface area contributed by atoms with E-state index in [-0.39, 0.29) is 47.9 Å². The van der Waals surface area contributed by atoms with Crippen molar-refractivity contribution in [1.82, 2.24) is 0 Å². The second-order valence-electron chi connectivity index (χ2n) is 20.0. The Bertz CT molecular complexity index is 1500. The van der Waals surface area contributed by atoms with Crippen molar-refractivity contribution in [2.24, 2.45) is 47.3 Å². The van der Waals surface area contributed by atoms with Gasteiger partial charge in [0.05, 0.1) is 53.7 Å². The molecule has 12 nitrogen and oxygen atoms in total. The Labute approximate surface area is 353 Å². The van der Waals surface area contributed by atoms with Gasteiger partial charge in [0.25, 0.3) is 0 Å². The molecule has 5 aliphatic heterocycles. The molecule has 0 aromatic carbocycles. The molecule has 18 atom stereocenters. The second-order valence-corrected chi connectivity index (χ2v) is 20.0. The zero-order valence-electron chi connectivity index (χ0n) is 38.1. The minimum absolute atomic E-state index is 0.0190. The lowest BCUT2D eigenvalue weighted by Gasteiger charge is -2.54. The molecule has 5 aliphatic rings. The Kier molecular flexibility index (Phi) is 15.3. The first-order valence-corrected chi connectivity index (χ1v) is 23.0. The van der Waals surface area contributed by atoms with Gasteiger partial charge in [0.1, 0.15) is 5.78 Å². The van der Waals surface area contributed by atoms with E-state index >= 15 is 0 Å². The number of hydrogen-bond acceptors (Lipinski definition) is 11. The minimum Gasteiger partial charge on any atom is -0.481 e. The summed E-state index contributed by atoms with van der Waals surface area (Å²) in [5.41, 5.74) is -1.72. The first kappa shape index (κ1) is 48.1. The molecule has 2 spiro atoms. The molecule has 59 heavy (non-hydrogen) atoms. The number of Topliss-reactive ketones (excluding diaryl/α,β-unsaturated/α-hetero) is 1. The minimum atomic E-state index is -1.39. The third-order valence-corrected chi connectivity index (χ3v) is 15.3. The molecule has 0 unspecified atom stereocenters. The normalized spacial score (nSPS) is 42.7. The standard InChI is InChI=1S/C47H78O12/c1-13-33(43(51)52)35-17-16-27(6)41(55-35)31(10)39(49)30(9)40(50)34(14-2)42-28(7)25-29(8)46(57-42)21-19-37(56-38(48)24-26(4)5)47(59-46)23-22-44(12,58-47)36-18-20-45(53,15-3)32(11)54-36/h19,21,26-37,39,41-42,49,53H,13-18,20,22-25H2,1-12H3,(H,51,52)/t27-,28-,29+,30-,31-,32-,33+,34-,35+,36+,37-,39+,41+,42-,44-,45+,46-,47-/m0/s1. The topological polar surface area (TPSA) is 167 Å². The predicted octanol–water partition coefficient (Wildman–Crippen LogP) is 7.79. The molecule has 0 radical (unpaired) electrons. The van der Waals surface area contributed by atoms with Crippen molar-refractivity contribution in [3.05, 3.63) is 12.2 Å². The van der Waals surface area contributed by atoms with E-state index < -0.39 is 89.0 Å². The molecule has 0 aromatic rings. The van der Waals surface area contributed by atoms with Gasteiger partial charge >= 0.3 is 11.9 Å². The second kappa shape index (κ2) is 18.8. The van der Waals surface area contributed by atoms with E-state index in [4.69, 9.17) is 28.4 Å². The molecule has 5 rings (SSSR count). The maximum Gasteiger partial charge on any atom is 0.309 e. The molecular weight excluding hydrogens is 757 g/mol. The van der Waals surface area contributed by atoms with Crippen molar-refractivity contribution >= 4 is 17.7 Å². The van der Waals surface area contributed by atoms with Gasteiger partial charge in [0.2, 0.25) is 5.79 Å². The summed E-state index contributed by atoms with van der Waals surface area (Å²) < 4.78 is 40.5. The average molecular weight is 835 g/mol. The van der Waals surface area contributed by atoms with Crippen molar-refractivity contribution in [2.45, 2.75) is 219 Å². The Balaban J connectivity index is 1.39. The van der Waals surface area contributed by atoms with E-state index in [0.29, 0.717) is 57.8 Å². The number of ether oxygens (including phenoxy) is 6. The molecule has 4 saturated heterocycles. The highest BCUT2D eigenvalue weighted by Crippen LogP contribution is 2.54. The highest BCUT2D eigenvalue weighted by atomic mass is 16.8. The molecule has 0 amide bonds. The molecule has 338 valence electrons. The van der Waals surface area contributed by atoms with Gasteiger partial charge in [-0.05, 0) is 102 Å². The number of hydrogen-bond donors (Lipinski definition) is 3. The van der Waals surface area contributed by atoms with Crippen LogP contribution in [0.4, 0.5) is 0 Å². The average Bonchev–Trinajstić information content (AvgIpc) is 3.52. The van der Waals surface area contributed by atoms with Crippen molar-refractivity contribution in [2.75, 3.05) is 0 Å². The molecule has 5 heterocycles. The summed E-state index contributed by atoms with van der Waals surface area (Å²) in [6, 6.07) is 0. The molecule has 0 aromatic heterocycles. The lowest BCUT2D eigenvalue weighted by atomic mass is 9.72. The van der Waals surface area contributed by atoms with Crippen LogP contribution in [0.1, 0.15) is 154 Å². The summed E-state index contributed by atoms with van der Waals surface area (Å²) in [4.78, 5) is 39.9. The Morgan fingerprint density at radius 1 is 0.864 bits per heavy atom. The van der Waals surface area contributed by atoms with Gasteiger partial charge in [0.15, 0.2) is 11.9 Å². The smallest absolute Gasteiger partial charge is 0.309 e. The first-order chi connectivity index (χ1) is 27.6. The summed E-state index contributed by atoms with van der Waals surface area (Å²) in [7, 11) is 0. The van der Waals surface area contributed by atoms with Crippen molar-refractivity contribution in [3.63, 3.8) is 0 Å². The van der Waals surface area contributed by atoms with Crippen molar-refractivity contribution in [3.8, 4) is 0 Å². The van der Waals surface area contributed by atoms with Crippen LogP contribution in [0.5, 0.6) is 0 Å². The number of carboxylic acid groups (broad SMARTS) is 1. The number of aliphatic hydroxyl groups excluding tert-OH is 1. The maximum absolute atomic E-state index is 14.6. The molecule has 0 bridgehead atoms. The predicted molar refractivity (Wildman–Crippen MR) is 222 cm³/mol. The van der Waals surface area contributed by atoms with Gasteiger partial charge < -0.3 is 43.7 Å². The Morgan fingerprint density at radius 2 is 1.54 bits per heavy atom. The van der Waals surface area contributed by atoms with Crippen LogP contribution >= 0.6 is 0 Å². The van der Waals surface area contributed by atoms with Crippen molar-refractivity contribution in [1.29, 1.82) is 0 Å². The lowest BCUT2D eigenvalue weighted by Crippen LogP contribution is -2.63. The van der Waals surface area contributed by atoms with Crippen LogP contribution in [0.25, 0.3) is 0 Å². The summed E-state index contributed by atoms with van der Waals surface area (Å²) >= 11 is 0. The highest BCUT2D eigenvalue weighted by Gasteiger charge is 2.64. The molecule has 3 N–H and O–H groups in total. The lowest BCUT2D eigenvalue weighted by molar-refractivity contribution is -0.409. The number of esters is 1. The van der Waals surface area contributed by atoms with Crippen LogP contribution in [-0.2, 0) is 42.8 Å².